The predicted octanol–water partition coefficient (Wildman–Crippen LogP) is 5.22. The second-order valence-corrected chi connectivity index (χ2v) is 9.19. The lowest BCUT2D eigenvalue weighted by atomic mass is 10.1. The Morgan fingerprint density at radius 1 is 1.15 bits per heavy atom. The van der Waals surface area contributed by atoms with E-state index >= 15 is 0 Å². The van der Waals surface area contributed by atoms with E-state index in [1.807, 2.05) is 67.1 Å². The molecule has 1 fully saturated rings. The highest BCUT2D eigenvalue weighted by atomic mass is 79.9. The third kappa shape index (κ3) is 4.99. The molecule has 2 heterocycles. The summed E-state index contributed by atoms with van der Waals surface area (Å²) in [5.41, 5.74) is 4.50. The van der Waals surface area contributed by atoms with Gasteiger partial charge in [-0.05, 0) is 77.4 Å². The second-order valence-electron chi connectivity index (χ2n) is 7.37. The van der Waals surface area contributed by atoms with Gasteiger partial charge < -0.3 is 14.8 Å². The van der Waals surface area contributed by atoms with E-state index in [0.717, 1.165) is 32.7 Å². The molecule has 7 nitrogen and oxygen atoms in total. The van der Waals surface area contributed by atoms with Crippen molar-refractivity contribution < 1.29 is 14.3 Å². The number of rotatable bonds is 6. The molecule has 4 rings (SSSR count). The first-order valence-corrected chi connectivity index (χ1v) is 11.8. The van der Waals surface area contributed by atoms with Gasteiger partial charge in [0.1, 0.15) is 17.2 Å². The van der Waals surface area contributed by atoms with Crippen LogP contribution in [0.15, 0.2) is 56.8 Å². The average Bonchev–Trinajstić information content (AvgIpc) is 3.27. The fourth-order valence-corrected chi connectivity index (χ4v) is 4.58. The third-order valence-corrected chi connectivity index (χ3v) is 7.23. The first-order valence-electron chi connectivity index (χ1n) is 10.2. The van der Waals surface area contributed by atoms with Crippen molar-refractivity contribution in [1.82, 2.24) is 15.1 Å². The standard InChI is InChI=1S/C24H23BrN4O3S/c1-14-22(25)15(2)29(28-14)13-17-11-16(9-10-19(17)31-3)12-21-23(30)27-24(33-21)26-18-7-5-6-8-20(18)32-4/h5-12H,13H2,1-4H3,(H,26,27,30)/b21-12+. The maximum Gasteiger partial charge on any atom is 0.264 e. The van der Waals surface area contributed by atoms with Gasteiger partial charge in [-0.1, -0.05) is 18.2 Å². The molecule has 0 unspecified atom stereocenters. The molecule has 33 heavy (non-hydrogen) atoms. The molecule has 9 heteroatoms. The number of nitrogens with one attached hydrogen (secondary N) is 1. The molecular formula is C24H23BrN4O3S. The van der Waals surface area contributed by atoms with Crippen LogP contribution >= 0.6 is 27.7 Å². The maximum absolute atomic E-state index is 12.6. The summed E-state index contributed by atoms with van der Waals surface area (Å²) in [6.45, 7) is 4.54. The van der Waals surface area contributed by atoms with Crippen molar-refractivity contribution in [3.05, 3.63) is 74.4 Å². The quantitative estimate of drug-likeness (QED) is 0.445. The SMILES string of the molecule is COc1ccc(/C=C2/SC(=Nc3ccccc3OC)NC2=O)cc1Cn1nc(C)c(Br)c1C. The summed E-state index contributed by atoms with van der Waals surface area (Å²) in [5.74, 6) is 1.23. The molecule has 0 atom stereocenters. The summed E-state index contributed by atoms with van der Waals surface area (Å²) in [6.07, 6.45) is 1.85. The van der Waals surface area contributed by atoms with Gasteiger partial charge in [-0.2, -0.15) is 5.10 Å². The summed E-state index contributed by atoms with van der Waals surface area (Å²) in [5, 5.41) is 7.93. The fourth-order valence-electron chi connectivity index (χ4n) is 3.47. The Bertz CT molecular complexity index is 1280. The molecule has 1 aromatic heterocycles. The summed E-state index contributed by atoms with van der Waals surface area (Å²) < 4.78 is 13.8. The van der Waals surface area contributed by atoms with Gasteiger partial charge in [0.25, 0.3) is 5.91 Å². The van der Waals surface area contributed by atoms with Crippen molar-refractivity contribution in [1.29, 1.82) is 0 Å². The molecule has 0 aliphatic carbocycles. The van der Waals surface area contributed by atoms with Crippen LogP contribution in [-0.2, 0) is 11.3 Å². The summed E-state index contributed by atoms with van der Waals surface area (Å²) >= 11 is 4.87. The van der Waals surface area contributed by atoms with E-state index in [2.05, 4.69) is 31.3 Å². The van der Waals surface area contributed by atoms with Gasteiger partial charge in [-0.25, -0.2) is 4.99 Å². The number of hydrogen-bond acceptors (Lipinski definition) is 6. The van der Waals surface area contributed by atoms with Crippen molar-refractivity contribution in [2.24, 2.45) is 4.99 Å². The van der Waals surface area contributed by atoms with Crippen molar-refractivity contribution in [3.8, 4) is 11.5 Å². The topological polar surface area (TPSA) is 77.7 Å². The van der Waals surface area contributed by atoms with Gasteiger partial charge in [0.2, 0.25) is 0 Å². The molecule has 1 aliphatic rings. The van der Waals surface area contributed by atoms with E-state index in [0.29, 0.717) is 28.1 Å². The van der Waals surface area contributed by atoms with Crippen LogP contribution in [0.5, 0.6) is 11.5 Å². The van der Waals surface area contributed by atoms with Crippen molar-refractivity contribution in [3.63, 3.8) is 0 Å². The first-order chi connectivity index (χ1) is 15.9. The van der Waals surface area contributed by atoms with Crippen LogP contribution in [0.1, 0.15) is 22.5 Å². The molecule has 1 amide bonds. The maximum atomic E-state index is 12.6. The number of thioether (sulfide) groups is 1. The zero-order valence-electron chi connectivity index (χ0n) is 18.7. The Kier molecular flexibility index (Phi) is 6.90. The Hall–Kier alpha value is -3.04. The summed E-state index contributed by atoms with van der Waals surface area (Å²) in [4.78, 5) is 17.7. The van der Waals surface area contributed by atoms with Gasteiger partial charge in [0.05, 0.1) is 41.5 Å². The lowest BCUT2D eigenvalue weighted by molar-refractivity contribution is -0.115. The number of amidine groups is 1. The molecule has 0 spiro atoms. The van der Waals surface area contributed by atoms with Gasteiger partial charge >= 0.3 is 0 Å². The Morgan fingerprint density at radius 2 is 1.91 bits per heavy atom. The zero-order chi connectivity index (χ0) is 23.5. The smallest absolute Gasteiger partial charge is 0.264 e. The van der Waals surface area contributed by atoms with Crippen LogP contribution in [0, 0.1) is 13.8 Å². The van der Waals surface area contributed by atoms with Gasteiger partial charge in [0.15, 0.2) is 5.17 Å². The zero-order valence-corrected chi connectivity index (χ0v) is 21.1. The largest absolute Gasteiger partial charge is 0.496 e. The van der Waals surface area contributed by atoms with Gasteiger partial charge in [0, 0.05) is 5.56 Å². The Labute approximate surface area is 205 Å². The highest BCUT2D eigenvalue weighted by molar-refractivity contribution is 9.10. The Balaban J connectivity index is 1.61. The van der Waals surface area contributed by atoms with Gasteiger partial charge in [-0.3, -0.25) is 9.48 Å². The number of carbonyl (C=O) groups is 1. The minimum absolute atomic E-state index is 0.187. The number of ether oxygens (including phenoxy) is 2. The normalized spacial score (nSPS) is 15.8. The average molecular weight is 527 g/mol. The molecule has 0 bridgehead atoms. The van der Waals surface area contributed by atoms with E-state index in [9.17, 15) is 4.79 Å². The van der Waals surface area contributed by atoms with Crippen LogP contribution < -0.4 is 14.8 Å². The van der Waals surface area contributed by atoms with E-state index in [1.54, 1.807) is 14.2 Å². The van der Waals surface area contributed by atoms with E-state index in [4.69, 9.17) is 9.47 Å². The predicted molar refractivity (Wildman–Crippen MR) is 135 cm³/mol. The highest BCUT2D eigenvalue weighted by Crippen LogP contribution is 2.33. The van der Waals surface area contributed by atoms with Crippen LogP contribution in [0.3, 0.4) is 0 Å². The van der Waals surface area contributed by atoms with Crippen LogP contribution in [0.25, 0.3) is 6.08 Å². The number of aliphatic imine (C=N–C) groups is 1. The molecule has 1 aliphatic heterocycles. The molecule has 3 aromatic rings. The number of hydrogen-bond donors (Lipinski definition) is 1. The van der Waals surface area contributed by atoms with Crippen molar-refractivity contribution in [2.75, 3.05) is 14.2 Å². The van der Waals surface area contributed by atoms with Crippen molar-refractivity contribution >= 4 is 50.5 Å². The number of nitrogens with zero attached hydrogens (tertiary/aromatic N) is 3. The molecule has 170 valence electrons. The Morgan fingerprint density at radius 3 is 2.61 bits per heavy atom. The fraction of sp³-hybridized carbons (Fsp3) is 0.208. The number of carbonyl (C=O) groups excluding carboxylic acids is 1. The minimum atomic E-state index is -0.187. The number of aryl methyl sites for hydroxylation is 1. The lowest BCUT2D eigenvalue weighted by Gasteiger charge is -2.11. The van der Waals surface area contributed by atoms with E-state index < -0.39 is 0 Å². The van der Waals surface area contributed by atoms with Crippen LogP contribution in [0.2, 0.25) is 0 Å². The van der Waals surface area contributed by atoms with Crippen LogP contribution in [-0.4, -0.2) is 35.1 Å². The summed E-state index contributed by atoms with van der Waals surface area (Å²) in [6, 6.07) is 13.3. The third-order valence-electron chi connectivity index (χ3n) is 5.17. The monoisotopic (exact) mass is 526 g/mol. The molecule has 0 radical (unpaired) electrons. The molecule has 1 saturated heterocycles. The number of para-hydroxylation sites is 2. The van der Waals surface area contributed by atoms with E-state index in [-0.39, 0.29) is 5.91 Å². The number of halogens is 1. The number of benzene rings is 2. The molecule has 0 saturated carbocycles. The second kappa shape index (κ2) is 9.84. The number of amides is 1. The molecule has 1 N–H and O–H groups in total. The summed E-state index contributed by atoms with van der Waals surface area (Å²) in [7, 11) is 3.24. The van der Waals surface area contributed by atoms with Crippen molar-refractivity contribution in [2.45, 2.75) is 20.4 Å². The number of methoxy groups -OCH3 is 2. The minimum Gasteiger partial charge on any atom is -0.496 e. The highest BCUT2D eigenvalue weighted by Gasteiger charge is 2.24. The molecule has 2 aromatic carbocycles. The molecular weight excluding hydrogens is 504 g/mol. The van der Waals surface area contributed by atoms with Gasteiger partial charge in [-0.15, -0.1) is 0 Å². The first kappa shape index (κ1) is 23.1. The number of aromatic nitrogens is 2. The van der Waals surface area contributed by atoms with E-state index in [1.165, 1.54) is 11.8 Å². The lowest BCUT2D eigenvalue weighted by Crippen LogP contribution is -2.19. The van der Waals surface area contributed by atoms with Crippen LogP contribution in [0.4, 0.5) is 5.69 Å².